The van der Waals surface area contributed by atoms with Crippen molar-refractivity contribution in [2.45, 2.75) is 17.9 Å². The molecule has 0 atom stereocenters. The number of likely N-dealkylation sites (N-methyl/N-ethyl adjacent to an activating group) is 1. The zero-order chi connectivity index (χ0) is 13.9. The van der Waals surface area contributed by atoms with Crippen molar-refractivity contribution in [1.29, 1.82) is 0 Å². The van der Waals surface area contributed by atoms with Crippen LogP contribution in [-0.2, 0) is 16.6 Å². The Morgan fingerprint density at radius 3 is 2.42 bits per heavy atom. The maximum Gasteiger partial charge on any atom is 0.243 e. The molecule has 0 spiro atoms. The van der Waals surface area contributed by atoms with Crippen LogP contribution in [0.3, 0.4) is 0 Å². The van der Waals surface area contributed by atoms with E-state index in [1.807, 2.05) is 7.05 Å². The Bertz CT molecular complexity index is 513. The van der Waals surface area contributed by atoms with E-state index >= 15 is 0 Å². The van der Waals surface area contributed by atoms with Crippen LogP contribution in [0.5, 0.6) is 0 Å². The topological polar surface area (TPSA) is 60.9 Å². The molecule has 5 nitrogen and oxygen atoms in total. The van der Waals surface area contributed by atoms with Gasteiger partial charge in [0.1, 0.15) is 0 Å². The average molecular weight is 284 g/mol. The summed E-state index contributed by atoms with van der Waals surface area (Å²) in [5, 5.41) is 8.98. The van der Waals surface area contributed by atoms with E-state index in [2.05, 4.69) is 4.90 Å². The molecule has 0 aliphatic carbocycles. The van der Waals surface area contributed by atoms with E-state index in [-0.39, 0.29) is 6.61 Å². The summed E-state index contributed by atoms with van der Waals surface area (Å²) in [7, 11) is -1.40. The van der Waals surface area contributed by atoms with E-state index < -0.39 is 10.0 Å². The predicted octanol–water partition coefficient (Wildman–Crippen LogP) is 0.505. The molecule has 1 saturated heterocycles. The van der Waals surface area contributed by atoms with Gasteiger partial charge in [0.05, 0.1) is 11.5 Å². The highest BCUT2D eigenvalue weighted by atomic mass is 32.2. The molecule has 106 valence electrons. The van der Waals surface area contributed by atoms with Gasteiger partial charge in [-0.1, -0.05) is 12.1 Å². The Kier molecular flexibility index (Phi) is 4.57. The first-order chi connectivity index (χ1) is 9.04. The molecule has 1 aliphatic heterocycles. The molecule has 0 bridgehead atoms. The fourth-order valence-electron chi connectivity index (χ4n) is 2.18. The SMILES string of the molecule is CN1CCCN(S(=O)(=O)c2ccc(CO)cc2)CC1. The van der Waals surface area contributed by atoms with Gasteiger partial charge in [0.25, 0.3) is 0 Å². The van der Waals surface area contributed by atoms with Crippen LogP contribution < -0.4 is 0 Å². The second-order valence-electron chi connectivity index (χ2n) is 4.86. The number of rotatable bonds is 3. The molecule has 1 N–H and O–H groups in total. The van der Waals surface area contributed by atoms with Gasteiger partial charge in [-0.25, -0.2) is 8.42 Å². The summed E-state index contributed by atoms with van der Waals surface area (Å²) in [6.07, 6.45) is 0.852. The van der Waals surface area contributed by atoms with Crippen LogP contribution in [0.2, 0.25) is 0 Å². The van der Waals surface area contributed by atoms with E-state index in [0.717, 1.165) is 25.1 Å². The van der Waals surface area contributed by atoms with Crippen molar-refractivity contribution in [3.8, 4) is 0 Å². The van der Waals surface area contributed by atoms with Crippen molar-refractivity contribution in [3.63, 3.8) is 0 Å². The van der Waals surface area contributed by atoms with Crippen LogP contribution in [0.4, 0.5) is 0 Å². The highest BCUT2D eigenvalue weighted by molar-refractivity contribution is 7.89. The fraction of sp³-hybridized carbons (Fsp3) is 0.538. The molecule has 0 radical (unpaired) electrons. The molecule has 2 rings (SSSR count). The molecule has 1 aliphatic rings. The van der Waals surface area contributed by atoms with Crippen LogP contribution in [0, 0.1) is 0 Å². The molecule has 0 saturated carbocycles. The van der Waals surface area contributed by atoms with Crippen molar-refractivity contribution in [2.75, 3.05) is 33.2 Å². The summed E-state index contributed by atoms with van der Waals surface area (Å²) >= 11 is 0. The third kappa shape index (κ3) is 3.33. The fourth-order valence-corrected chi connectivity index (χ4v) is 3.65. The van der Waals surface area contributed by atoms with E-state index in [0.29, 0.717) is 18.0 Å². The number of sulfonamides is 1. The summed E-state index contributed by atoms with van der Waals surface area (Å²) in [6, 6.07) is 6.43. The third-order valence-corrected chi connectivity index (χ3v) is 5.34. The first kappa shape index (κ1) is 14.5. The van der Waals surface area contributed by atoms with Crippen LogP contribution in [-0.4, -0.2) is 56.0 Å². The molecule has 19 heavy (non-hydrogen) atoms. The standard InChI is InChI=1S/C13H20N2O3S/c1-14-7-2-8-15(10-9-14)19(17,18)13-5-3-12(11-16)4-6-13/h3-6,16H,2,7-11H2,1H3. The highest BCUT2D eigenvalue weighted by Crippen LogP contribution is 2.18. The van der Waals surface area contributed by atoms with Gasteiger partial charge in [-0.05, 0) is 37.7 Å². The van der Waals surface area contributed by atoms with Gasteiger partial charge in [-0.15, -0.1) is 0 Å². The molecule has 1 fully saturated rings. The Morgan fingerprint density at radius 1 is 1.11 bits per heavy atom. The molecule has 1 aromatic rings. The Hall–Kier alpha value is -0.950. The summed E-state index contributed by atoms with van der Waals surface area (Å²) < 4.78 is 26.5. The first-order valence-electron chi connectivity index (χ1n) is 6.42. The monoisotopic (exact) mass is 284 g/mol. The minimum atomic E-state index is -3.41. The predicted molar refractivity (Wildman–Crippen MR) is 73.2 cm³/mol. The lowest BCUT2D eigenvalue weighted by atomic mass is 10.2. The molecule has 1 aromatic carbocycles. The molecule has 0 amide bonds. The number of hydrogen-bond acceptors (Lipinski definition) is 4. The highest BCUT2D eigenvalue weighted by Gasteiger charge is 2.25. The maximum atomic E-state index is 12.5. The van der Waals surface area contributed by atoms with Gasteiger partial charge in [0.15, 0.2) is 0 Å². The second-order valence-corrected chi connectivity index (χ2v) is 6.80. The number of aliphatic hydroxyl groups is 1. The van der Waals surface area contributed by atoms with E-state index in [9.17, 15) is 8.42 Å². The zero-order valence-corrected chi connectivity index (χ0v) is 11.9. The zero-order valence-electron chi connectivity index (χ0n) is 11.1. The summed E-state index contributed by atoms with van der Waals surface area (Å²) in [5.74, 6) is 0. The van der Waals surface area contributed by atoms with Gasteiger partial charge >= 0.3 is 0 Å². The van der Waals surface area contributed by atoms with Crippen molar-refractivity contribution in [1.82, 2.24) is 9.21 Å². The quantitative estimate of drug-likeness (QED) is 0.878. The number of hydrogen-bond donors (Lipinski definition) is 1. The summed E-state index contributed by atoms with van der Waals surface area (Å²) in [6.45, 7) is 2.70. The maximum absolute atomic E-state index is 12.5. The van der Waals surface area contributed by atoms with Crippen molar-refractivity contribution in [3.05, 3.63) is 29.8 Å². The molecule has 6 heteroatoms. The van der Waals surface area contributed by atoms with Crippen LogP contribution in [0.25, 0.3) is 0 Å². The Labute approximate surface area is 114 Å². The number of benzene rings is 1. The van der Waals surface area contributed by atoms with Gasteiger partial charge in [-0.3, -0.25) is 0 Å². The lowest BCUT2D eigenvalue weighted by Crippen LogP contribution is -2.34. The third-order valence-electron chi connectivity index (χ3n) is 3.42. The number of nitrogens with zero attached hydrogens (tertiary/aromatic N) is 2. The van der Waals surface area contributed by atoms with Gasteiger partial charge in [-0.2, -0.15) is 4.31 Å². The van der Waals surface area contributed by atoms with Gasteiger partial charge < -0.3 is 10.0 Å². The molecule has 0 aromatic heterocycles. The Balaban J connectivity index is 2.20. The smallest absolute Gasteiger partial charge is 0.243 e. The minimum absolute atomic E-state index is 0.0746. The lowest BCUT2D eigenvalue weighted by Gasteiger charge is -2.20. The van der Waals surface area contributed by atoms with Crippen LogP contribution >= 0.6 is 0 Å². The normalized spacial score (nSPS) is 19.3. The summed E-state index contributed by atoms with van der Waals surface area (Å²) in [5.41, 5.74) is 0.717. The lowest BCUT2D eigenvalue weighted by molar-refractivity contribution is 0.281. The van der Waals surface area contributed by atoms with Crippen molar-refractivity contribution in [2.24, 2.45) is 0 Å². The van der Waals surface area contributed by atoms with Crippen LogP contribution in [0.15, 0.2) is 29.2 Å². The van der Waals surface area contributed by atoms with E-state index in [4.69, 9.17) is 5.11 Å². The number of aliphatic hydroxyl groups excluding tert-OH is 1. The second kappa shape index (κ2) is 6.00. The average Bonchev–Trinajstić information content (AvgIpc) is 2.64. The first-order valence-corrected chi connectivity index (χ1v) is 7.86. The van der Waals surface area contributed by atoms with Crippen LogP contribution in [0.1, 0.15) is 12.0 Å². The van der Waals surface area contributed by atoms with E-state index in [1.54, 1.807) is 28.6 Å². The summed E-state index contributed by atoms with van der Waals surface area (Å²) in [4.78, 5) is 2.44. The minimum Gasteiger partial charge on any atom is -0.392 e. The van der Waals surface area contributed by atoms with Gasteiger partial charge in [0.2, 0.25) is 10.0 Å². The molecule has 0 unspecified atom stereocenters. The van der Waals surface area contributed by atoms with Crippen molar-refractivity contribution >= 4 is 10.0 Å². The van der Waals surface area contributed by atoms with Crippen molar-refractivity contribution < 1.29 is 13.5 Å². The Morgan fingerprint density at radius 2 is 1.79 bits per heavy atom. The largest absolute Gasteiger partial charge is 0.392 e. The molecule has 1 heterocycles. The molecular formula is C13H20N2O3S. The van der Waals surface area contributed by atoms with Gasteiger partial charge in [0, 0.05) is 19.6 Å². The van der Waals surface area contributed by atoms with E-state index in [1.165, 1.54) is 0 Å². The molecular weight excluding hydrogens is 264 g/mol.